The molecule has 2 atom stereocenters. The molecule has 0 radical (unpaired) electrons. The third-order valence-electron chi connectivity index (χ3n) is 6.93. The molecule has 3 aromatic rings. The van der Waals surface area contributed by atoms with E-state index in [4.69, 9.17) is 4.74 Å². The van der Waals surface area contributed by atoms with Crippen LogP contribution in [0, 0.1) is 19.7 Å². The average Bonchev–Trinajstić information content (AvgIpc) is 3.15. The molecule has 36 heavy (non-hydrogen) atoms. The van der Waals surface area contributed by atoms with Crippen LogP contribution in [0.5, 0.6) is 5.75 Å². The molecule has 1 aliphatic rings. The molecule has 1 amide bonds. The van der Waals surface area contributed by atoms with Crippen LogP contribution in [0.1, 0.15) is 35.2 Å². The number of aromatic nitrogens is 1. The first-order valence-corrected chi connectivity index (χ1v) is 13.1. The number of nitrogens with zero attached hydrogens (tertiary/aromatic N) is 3. The maximum Gasteiger partial charge on any atom is 0.264 e. The van der Waals surface area contributed by atoms with Crippen molar-refractivity contribution in [1.29, 1.82) is 0 Å². The van der Waals surface area contributed by atoms with Gasteiger partial charge in [-0.05, 0) is 79.9 Å². The molecule has 1 aromatic heterocycles. The van der Waals surface area contributed by atoms with Crippen LogP contribution >= 0.6 is 0 Å². The lowest BCUT2D eigenvalue weighted by molar-refractivity contribution is -0.131. The number of carbonyl (C=O) groups excluding carboxylic acids is 1. The molecule has 0 fully saturated rings. The van der Waals surface area contributed by atoms with Crippen molar-refractivity contribution in [2.45, 2.75) is 44.0 Å². The van der Waals surface area contributed by atoms with Crippen LogP contribution in [0.2, 0.25) is 0 Å². The molecular formula is C27H30FN3O4S. The number of likely N-dealkylation sites (N-methyl/N-ethyl adjacent to an activating group) is 1. The van der Waals surface area contributed by atoms with Gasteiger partial charge in [0.2, 0.25) is 5.91 Å². The fourth-order valence-electron chi connectivity index (χ4n) is 4.83. The van der Waals surface area contributed by atoms with Crippen molar-refractivity contribution in [1.82, 2.24) is 9.88 Å². The van der Waals surface area contributed by atoms with Crippen molar-refractivity contribution in [2.75, 3.05) is 25.0 Å². The summed E-state index contributed by atoms with van der Waals surface area (Å²) in [5.41, 5.74) is 2.80. The number of hydrogen-bond donors (Lipinski definition) is 0. The van der Waals surface area contributed by atoms with Crippen LogP contribution in [0.25, 0.3) is 0 Å². The SMILES string of the molecule is COc1ccc(S(=O)(=O)N2c3ccc(F)cc3[C@@H](C(=O)N(C)CCc3ccccn3)[C@H]2C)c(C)c1C. The number of carbonyl (C=O) groups is 1. The Labute approximate surface area is 211 Å². The summed E-state index contributed by atoms with van der Waals surface area (Å²) >= 11 is 0. The monoisotopic (exact) mass is 511 g/mol. The summed E-state index contributed by atoms with van der Waals surface area (Å²) in [6.45, 7) is 5.61. The molecule has 0 bridgehead atoms. The quantitative estimate of drug-likeness (QED) is 0.474. The number of hydrogen-bond acceptors (Lipinski definition) is 5. The number of ether oxygens (including phenoxy) is 1. The van der Waals surface area contributed by atoms with Crippen molar-refractivity contribution in [3.63, 3.8) is 0 Å². The van der Waals surface area contributed by atoms with Gasteiger partial charge in [0.1, 0.15) is 11.6 Å². The number of pyridine rings is 1. The van der Waals surface area contributed by atoms with E-state index in [-0.39, 0.29) is 10.8 Å². The Hall–Kier alpha value is -3.46. The zero-order valence-corrected chi connectivity index (χ0v) is 21.8. The van der Waals surface area contributed by atoms with Crippen LogP contribution in [-0.2, 0) is 21.2 Å². The Balaban J connectivity index is 1.71. The summed E-state index contributed by atoms with van der Waals surface area (Å²) in [4.78, 5) is 19.6. The number of rotatable bonds is 7. The van der Waals surface area contributed by atoms with Crippen molar-refractivity contribution in [2.24, 2.45) is 0 Å². The van der Waals surface area contributed by atoms with E-state index in [1.165, 1.54) is 35.7 Å². The van der Waals surface area contributed by atoms with Crippen molar-refractivity contribution in [3.05, 3.63) is 82.9 Å². The fraction of sp³-hybridized carbons (Fsp3) is 0.333. The van der Waals surface area contributed by atoms with Crippen LogP contribution < -0.4 is 9.04 Å². The predicted molar refractivity (Wildman–Crippen MR) is 136 cm³/mol. The van der Waals surface area contributed by atoms with Gasteiger partial charge in [-0.25, -0.2) is 12.8 Å². The summed E-state index contributed by atoms with van der Waals surface area (Å²) in [5, 5.41) is 0. The van der Waals surface area contributed by atoms with Gasteiger partial charge in [-0.3, -0.25) is 14.1 Å². The second-order valence-corrected chi connectivity index (χ2v) is 10.9. The second kappa shape index (κ2) is 9.89. The van der Waals surface area contributed by atoms with Crippen LogP contribution in [0.4, 0.5) is 10.1 Å². The molecule has 2 aromatic carbocycles. The highest BCUT2D eigenvalue weighted by molar-refractivity contribution is 7.93. The first kappa shape index (κ1) is 25.6. The van der Waals surface area contributed by atoms with E-state index in [2.05, 4.69) is 4.98 Å². The highest BCUT2D eigenvalue weighted by Gasteiger charge is 2.47. The molecule has 4 rings (SSSR count). The highest BCUT2D eigenvalue weighted by Crippen LogP contribution is 2.45. The molecule has 0 N–H and O–H groups in total. The van der Waals surface area contributed by atoms with Gasteiger partial charge < -0.3 is 9.64 Å². The smallest absolute Gasteiger partial charge is 0.264 e. The Kier molecular flexibility index (Phi) is 7.04. The number of sulfonamides is 1. The minimum atomic E-state index is -4.07. The first-order valence-electron chi connectivity index (χ1n) is 11.7. The van der Waals surface area contributed by atoms with Crippen molar-refractivity contribution < 1.29 is 22.3 Å². The maximum absolute atomic E-state index is 14.3. The topological polar surface area (TPSA) is 79.8 Å². The zero-order valence-electron chi connectivity index (χ0n) is 21.0. The van der Waals surface area contributed by atoms with Crippen molar-refractivity contribution in [3.8, 4) is 5.75 Å². The van der Waals surface area contributed by atoms with E-state index in [0.29, 0.717) is 41.1 Å². The lowest BCUT2D eigenvalue weighted by atomic mass is 9.94. The van der Waals surface area contributed by atoms with Crippen LogP contribution in [0.15, 0.2) is 59.6 Å². The number of benzene rings is 2. The van der Waals surface area contributed by atoms with Gasteiger partial charge >= 0.3 is 0 Å². The van der Waals surface area contributed by atoms with Crippen molar-refractivity contribution >= 4 is 21.6 Å². The number of anilines is 1. The molecule has 0 unspecified atom stereocenters. The molecule has 9 heteroatoms. The Morgan fingerprint density at radius 2 is 1.89 bits per heavy atom. The molecular weight excluding hydrogens is 481 g/mol. The van der Waals surface area contributed by atoms with Gasteiger partial charge in [-0.2, -0.15) is 0 Å². The van der Waals surface area contributed by atoms with Crippen LogP contribution in [0.3, 0.4) is 0 Å². The van der Waals surface area contributed by atoms with E-state index in [1.54, 1.807) is 45.0 Å². The third-order valence-corrected chi connectivity index (χ3v) is 8.98. The number of halogens is 1. The summed E-state index contributed by atoms with van der Waals surface area (Å²) in [6.07, 6.45) is 2.24. The zero-order chi connectivity index (χ0) is 26.2. The van der Waals surface area contributed by atoms with E-state index in [0.717, 1.165) is 5.69 Å². The molecule has 1 aliphatic heterocycles. The summed E-state index contributed by atoms with van der Waals surface area (Å²) in [7, 11) is -0.862. The standard InChI is InChI=1S/C27H30FN3O4S/c1-17-18(2)25(12-11-24(17)35-5)36(33,34)31-19(3)26(22-16-20(28)9-10-23(22)31)27(32)30(4)15-13-21-8-6-7-14-29-21/h6-12,14,16,19,26H,13,15H2,1-5H3/t19-,26+/m1/s1. The summed E-state index contributed by atoms with van der Waals surface area (Å²) in [5.74, 6) is -1.05. The normalized spacial score (nSPS) is 17.1. The van der Waals surface area contributed by atoms with Gasteiger partial charge in [0.25, 0.3) is 10.0 Å². The van der Waals surface area contributed by atoms with E-state index >= 15 is 0 Å². The molecule has 0 spiro atoms. The fourth-order valence-corrected chi connectivity index (χ4v) is 6.81. The Morgan fingerprint density at radius 1 is 1.14 bits per heavy atom. The van der Waals surface area contributed by atoms with Gasteiger partial charge in [0, 0.05) is 31.9 Å². The largest absolute Gasteiger partial charge is 0.496 e. The lowest BCUT2D eigenvalue weighted by Gasteiger charge is -2.29. The van der Waals surface area contributed by atoms with E-state index in [1.807, 2.05) is 18.2 Å². The third kappa shape index (κ3) is 4.43. The Bertz CT molecular complexity index is 1400. The molecule has 2 heterocycles. The van der Waals surface area contributed by atoms with Gasteiger partial charge in [0.15, 0.2) is 0 Å². The molecule has 0 saturated carbocycles. The number of fused-ring (bicyclic) bond motifs is 1. The summed E-state index contributed by atoms with van der Waals surface area (Å²) < 4.78 is 48.9. The number of amides is 1. The van der Waals surface area contributed by atoms with Gasteiger partial charge in [-0.1, -0.05) is 6.07 Å². The first-order chi connectivity index (χ1) is 17.1. The average molecular weight is 512 g/mol. The Morgan fingerprint density at radius 3 is 2.56 bits per heavy atom. The molecule has 7 nitrogen and oxygen atoms in total. The summed E-state index contributed by atoms with van der Waals surface area (Å²) in [6, 6.07) is 11.9. The minimum absolute atomic E-state index is 0.125. The maximum atomic E-state index is 14.3. The number of methoxy groups -OCH3 is 1. The van der Waals surface area contributed by atoms with E-state index in [9.17, 15) is 17.6 Å². The molecule has 0 aliphatic carbocycles. The molecule has 190 valence electrons. The van der Waals surface area contributed by atoms with Crippen LogP contribution in [-0.4, -0.2) is 51.0 Å². The minimum Gasteiger partial charge on any atom is -0.496 e. The van der Waals surface area contributed by atoms with Gasteiger partial charge in [0.05, 0.1) is 29.7 Å². The van der Waals surface area contributed by atoms with E-state index < -0.39 is 27.8 Å². The predicted octanol–water partition coefficient (Wildman–Crippen LogP) is 4.23. The molecule has 0 saturated heterocycles. The van der Waals surface area contributed by atoms with Gasteiger partial charge in [-0.15, -0.1) is 0 Å². The lowest BCUT2D eigenvalue weighted by Crippen LogP contribution is -2.43. The highest BCUT2D eigenvalue weighted by atomic mass is 32.2. The second-order valence-electron chi connectivity index (χ2n) is 9.07.